The highest BCUT2D eigenvalue weighted by molar-refractivity contribution is 7.17. The molecule has 0 atom stereocenters. The van der Waals surface area contributed by atoms with Crippen LogP contribution in [0.3, 0.4) is 0 Å². The maximum Gasteiger partial charge on any atom is 0.276 e. The number of thiazole rings is 1. The maximum absolute atomic E-state index is 12.7. The molecule has 0 saturated carbocycles. The Morgan fingerprint density at radius 1 is 1.09 bits per heavy atom. The SMILES string of the molecule is O=C1c2sc(-c3ccccc3)nc2OCN1c1ccc(O)cc1. The van der Waals surface area contributed by atoms with E-state index >= 15 is 0 Å². The van der Waals surface area contributed by atoms with Gasteiger partial charge in [-0.1, -0.05) is 30.3 Å². The first-order chi connectivity index (χ1) is 11.2. The van der Waals surface area contributed by atoms with Crippen LogP contribution >= 0.6 is 11.3 Å². The van der Waals surface area contributed by atoms with Crippen LogP contribution in [0.25, 0.3) is 10.6 Å². The van der Waals surface area contributed by atoms with E-state index in [1.165, 1.54) is 16.2 Å². The lowest BCUT2D eigenvalue weighted by Crippen LogP contribution is -2.38. The standard InChI is InChI=1S/C17H12N2O3S/c20-13-8-6-12(7-9-13)19-10-22-15-14(17(19)21)23-16(18-15)11-4-2-1-3-5-11/h1-9,20H,10H2. The number of benzene rings is 2. The zero-order valence-electron chi connectivity index (χ0n) is 12.0. The number of ether oxygens (including phenoxy) is 1. The number of nitrogens with zero attached hydrogens (tertiary/aromatic N) is 2. The van der Waals surface area contributed by atoms with Crippen LogP contribution in [-0.4, -0.2) is 22.7 Å². The van der Waals surface area contributed by atoms with E-state index in [9.17, 15) is 9.90 Å². The molecule has 1 aliphatic heterocycles. The number of hydrogen-bond donors (Lipinski definition) is 1. The van der Waals surface area contributed by atoms with Gasteiger partial charge in [-0.15, -0.1) is 11.3 Å². The van der Waals surface area contributed by atoms with Crippen LogP contribution < -0.4 is 9.64 Å². The lowest BCUT2D eigenvalue weighted by molar-refractivity contribution is 0.0940. The van der Waals surface area contributed by atoms with Gasteiger partial charge in [0.25, 0.3) is 5.91 Å². The molecule has 1 aliphatic rings. The van der Waals surface area contributed by atoms with Gasteiger partial charge in [-0.05, 0) is 24.3 Å². The summed E-state index contributed by atoms with van der Waals surface area (Å²) in [6, 6.07) is 16.1. The highest BCUT2D eigenvalue weighted by Crippen LogP contribution is 2.36. The number of fused-ring (bicyclic) bond motifs is 1. The van der Waals surface area contributed by atoms with Crippen molar-refractivity contribution in [1.82, 2.24) is 4.98 Å². The molecule has 1 aromatic heterocycles. The predicted octanol–water partition coefficient (Wildman–Crippen LogP) is 3.51. The summed E-state index contributed by atoms with van der Waals surface area (Å²) < 4.78 is 5.64. The molecule has 2 heterocycles. The van der Waals surface area contributed by atoms with Crippen molar-refractivity contribution in [3.05, 3.63) is 59.5 Å². The number of carbonyl (C=O) groups excluding carboxylic acids is 1. The normalized spacial score (nSPS) is 13.6. The smallest absolute Gasteiger partial charge is 0.276 e. The number of phenols is 1. The third-order valence-corrected chi connectivity index (χ3v) is 4.62. The molecule has 0 fully saturated rings. The summed E-state index contributed by atoms with van der Waals surface area (Å²) in [6.45, 7) is 0.106. The van der Waals surface area contributed by atoms with Gasteiger partial charge < -0.3 is 9.84 Å². The van der Waals surface area contributed by atoms with Crippen LogP contribution in [-0.2, 0) is 0 Å². The Morgan fingerprint density at radius 2 is 1.83 bits per heavy atom. The van der Waals surface area contributed by atoms with Crippen LogP contribution in [0.4, 0.5) is 5.69 Å². The summed E-state index contributed by atoms with van der Waals surface area (Å²) in [5, 5.41) is 10.1. The lowest BCUT2D eigenvalue weighted by atomic mass is 10.2. The summed E-state index contributed by atoms with van der Waals surface area (Å²) in [5.74, 6) is 0.398. The van der Waals surface area contributed by atoms with Crippen molar-refractivity contribution in [1.29, 1.82) is 0 Å². The van der Waals surface area contributed by atoms with Gasteiger partial charge in [0.2, 0.25) is 5.88 Å². The molecule has 6 heteroatoms. The van der Waals surface area contributed by atoms with Gasteiger partial charge in [0, 0.05) is 11.3 Å². The zero-order chi connectivity index (χ0) is 15.8. The fourth-order valence-corrected chi connectivity index (χ4v) is 3.34. The van der Waals surface area contributed by atoms with Crippen LogP contribution in [0.1, 0.15) is 9.67 Å². The molecule has 0 saturated heterocycles. The number of rotatable bonds is 2. The third-order valence-electron chi connectivity index (χ3n) is 3.55. The second-order valence-corrected chi connectivity index (χ2v) is 6.04. The molecule has 5 nitrogen and oxygen atoms in total. The highest BCUT2D eigenvalue weighted by Gasteiger charge is 2.31. The van der Waals surface area contributed by atoms with Gasteiger partial charge in [0.1, 0.15) is 10.8 Å². The van der Waals surface area contributed by atoms with Crippen LogP contribution in [0.5, 0.6) is 11.6 Å². The minimum atomic E-state index is -0.142. The van der Waals surface area contributed by atoms with Crippen molar-refractivity contribution in [3.8, 4) is 22.2 Å². The number of hydrogen-bond acceptors (Lipinski definition) is 5. The molecule has 0 aliphatic carbocycles. The van der Waals surface area contributed by atoms with E-state index in [4.69, 9.17) is 4.74 Å². The van der Waals surface area contributed by atoms with Crippen molar-refractivity contribution in [3.63, 3.8) is 0 Å². The van der Waals surface area contributed by atoms with E-state index in [0.717, 1.165) is 10.6 Å². The molecule has 1 amide bonds. The minimum absolute atomic E-state index is 0.106. The van der Waals surface area contributed by atoms with Gasteiger partial charge in [-0.3, -0.25) is 9.69 Å². The summed E-state index contributed by atoms with van der Waals surface area (Å²) in [6.07, 6.45) is 0. The van der Waals surface area contributed by atoms with E-state index in [0.29, 0.717) is 16.4 Å². The Kier molecular flexibility index (Phi) is 3.24. The summed E-state index contributed by atoms with van der Waals surface area (Å²) in [4.78, 5) is 19.1. The third kappa shape index (κ3) is 2.43. The minimum Gasteiger partial charge on any atom is -0.508 e. The number of carbonyl (C=O) groups is 1. The molecule has 3 aromatic rings. The van der Waals surface area contributed by atoms with E-state index < -0.39 is 0 Å². The largest absolute Gasteiger partial charge is 0.508 e. The predicted molar refractivity (Wildman–Crippen MR) is 88.0 cm³/mol. The second kappa shape index (κ2) is 5.40. The average molecular weight is 324 g/mol. The van der Waals surface area contributed by atoms with Gasteiger partial charge in [0.15, 0.2) is 11.6 Å². The quantitative estimate of drug-likeness (QED) is 0.783. The van der Waals surface area contributed by atoms with Crippen LogP contribution in [0.2, 0.25) is 0 Å². The maximum atomic E-state index is 12.7. The van der Waals surface area contributed by atoms with Crippen LogP contribution in [0, 0.1) is 0 Å². The second-order valence-electron chi connectivity index (χ2n) is 5.04. The van der Waals surface area contributed by atoms with Crippen LogP contribution in [0.15, 0.2) is 54.6 Å². The molecule has 114 valence electrons. The molecule has 1 N–H and O–H groups in total. The van der Waals surface area contributed by atoms with Gasteiger partial charge in [0.05, 0.1) is 0 Å². The molecule has 4 rings (SSSR count). The molecule has 23 heavy (non-hydrogen) atoms. The summed E-state index contributed by atoms with van der Waals surface area (Å²) in [7, 11) is 0. The molecular formula is C17H12N2O3S. The van der Waals surface area contributed by atoms with E-state index in [1.54, 1.807) is 24.3 Å². The number of aromatic nitrogens is 1. The molecule has 2 aromatic carbocycles. The Morgan fingerprint density at radius 3 is 2.57 bits per heavy atom. The van der Waals surface area contributed by atoms with E-state index in [1.807, 2.05) is 30.3 Å². The summed E-state index contributed by atoms with van der Waals surface area (Å²) >= 11 is 1.32. The Labute approximate surface area is 136 Å². The zero-order valence-corrected chi connectivity index (χ0v) is 12.8. The van der Waals surface area contributed by atoms with Crippen molar-refractivity contribution >= 4 is 22.9 Å². The van der Waals surface area contributed by atoms with Gasteiger partial charge >= 0.3 is 0 Å². The Balaban J connectivity index is 1.69. The fourth-order valence-electron chi connectivity index (χ4n) is 2.37. The van der Waals surface area contributed by atoms with Crippen molar-refractivity contribution in [2.75, 3.05) is 11.6 Å². The lowest BCUT2D eigenvalue weighted by Gasteiger charge is -2.25. The van der Waals surface area contributed by atoms with Crippen molar-refractivity contribution in [2.45, 2.75) is 0 Å². The topological polar surface area (TPSA) is 62.7 Å². The number of anilines is 1. The molecule has 0 spiro atoms. The highest BCUT2D eigenvalue weighted by atomic mass is 32.1. The molecular weight excluding hydrogens is 312 g/mol. The number of phenolic OH excluding ortho intramolecular Hbond substituents is 1. The first-order valence-electron chi connectivity index (χ1n) is 7.02. The molecule has 0 unspecified atom stereocenters. The number of aromatic hydroxyl groups is 1. The van der Waals surface area contributed by atoms with Gasteiger partial charge in [-0.2, -0.15) is 0 Å². The first kappa shape index (κ1) is 13.8. The van der Waals surface area contributed by atoms with E-state index in [-0.39, 0.29) is 18.4 Å². The van der Waals surface area contributed by atoms with Crippen molar-refractivity contribution in [2.24, 2.45) is 0 Å². The number of amides is 1. The monoisotopic (exact) mass is 324 g/mol. The Hall–Kier alpha value is -2.86. The average Bonchev–Trinajstić information content (AvgIpc) is 3.02. The molecule has 0 bridgehead atoms. The van der Waals surface area contributed by atoms with Gasteiger partial charge in [-0.25, -0.2) is 4.98 Å². The van der Waals surface area contributed by atoms with Crippen molar-refractivity contribution < 1.29 is 14.6 Å². The first-order valence-corrected chi connectivity index (χ1v) is 7.84. The molecule has 0 radical (unpaired) electrons. The fraction of sp³-hybridized carbons (Fsp3) is 0.0588. The van der Waals surface area contributed by atoms with E-state index in [2.05, 4.69) is 4.98 Å². The Bertz CT molecular complexity index is 859. The summed E-state index contributed by atoms with van der Waals surface area (Å²) in [5.41, 5.74) is 1.63.